The minimum absolute atomic E-state index is 0.0366. The number of likely N-dealkylation sites (tertiary alicyclic amines) is 1. The number of carboxylic acid groups (broad SMARTS) is 1. The Hall–Kier alpha value is -3.03. The van der Waals surface area contributed by atoms with Gasteiger partial charge in [0.15, 0.2) is 5.82 Å². The number of halogens is 2. The number of aromatic nitrogens is 3. The normalized spacial score (nSPS) is 18.4. The Kier molecular flexibility index (Phi) is 5.65. The van der Waals surface area contributed by atoms with Crippen LogP contribution >= 0.6 is 23.2 Å². The summed E-state index contributed by atoms with van der Waals surface area (Å²) in [6, 6.07) is 9.12. The molecule has 2 atom stereocenters. The first-order chi connectivity index (χ1) is 14.5. The van der Waals surface area contributed by atoms with Crippen LogP contribution < -0.4 is 0 Å². The number of amides is 1. The quantitative estimate of drug-likeness (QED) is 0.605. The molecule has 1 saturated heterocycles. The Morgan fingerprint density at radius 2 is 1.87 bits per heavy atom. The highest BCUT2D eigenvalue weighted by molar-refractivity contribution is 6.33. The Morgan fingerprint density at radius 3 is 2.53 bits per heavy atom. The van der Waals surface area contributed by atoms with Gasteiger partial charge in [0.2, 0.25) is 0 Å². The second kappa shape index (κ2) is 8.38. The SMILES string of the molecule is O=C(O)C1CCC(c2ccccc2Cl)N1C(=O)c1cnc(-c2cccnc2)nc1Cl. The summed E-state index contributed by atoms with van der Waals surface area (Å²) in [5.41, 5.74) is 1.38. The molecule has 2 aromatic heterocycles. The molecule has 30 heavy (non-hydrogen) atoms. The summed E-state index contributed by atoms with van der Waals surface area (Å²) in [6.45, 7) is 0. The molecule has 3 heterocycles. The third-order valence-electron chi connectivity index (χ3n) is 5.06. The van der Waals surface area contributed by atoms with Gasteiger partial charge in [0.25, 0.3) is 5.91 Å². The average Bonchev–Trinajstić information content (AvgIpc) is 3.19. The summed E-state index contributed by atoms with van der Waals surface area (Å²) < 4.78 is 0. The fraction of sp³-hybridized carbons (Fsp3) is 0.190. The molecule has 1 aliphatic heterocycles. The predicted molar refractivity (Wildman–Crippen MR) is 111 cm³/mol. The van der Waals surface area contributed by atoms with Crippen LogP contribution in [0.2, 0.25) is 10.2 Å². The molecule has 0 spiro atoms. The number of rotatable bonds is 4. The van der Waals surface area contributed by atoms with Crippen LogP contribution in [0.5, 0.6) is 0 Å². The molecule has 1 amide bonds. The van der Waals surface area contributed by atoms with Crippen LogP contribution in [0.15, 0.2) is 55.0 Å². The molecule has 0 aliphatic carbocycles. The maximum absolute atomic E-state index is 13.4. The smallest absolute Gasteiger partial charge is 0.326 e. The molecule has 4 rings (SSSR count). The van der Waals surface area contributed by atoms with Crippen molar-refractivity contribution in [2.24, 2.45) is 0 Å². The monoisotopic (exact) mass is 442 g/mol. The summed E-state index contributed by atoms with van der Waals surface area (Å²) >= 11 is 12.6. The van der Waals surface area contributed by atoms with Crippen molar-refractivity contribution < 1.29 is 14.7 Å². The van der Waals surface area contributed by atoms with Gasteiger partial charge in [0.05, 0.1) is 11.6 Å². The van der Waals surface area contributed by atoms with Gasteiger partial charge in [-0.3, -0.25) is 9.78 Å². The zero-order chi connectivity index (χ0) is 21.3. The lowest BCUT2D eigenvalue weighted by Gasteiger charge is -2.29. The third kappa shape index (κ3) is 3.74. The van der Waals surface area contributed by atoms with Crippen LogP contribution in [0, 0.1) is 0 Å². The number of pyridine rings is 1. The van der Waals surface area contributed by atoms with E-state index < -0.39 is 24.0 Å². The molecule has 1 aromatic carbocycles. The maximum Gasteiger partial charge on any atom is 0.326 e. The summed E-state index contributed by atoms with van der Waals surface area (Å²) in [4.78, 5) is 39.0. The summed E-state index contributed by atoms with van der Waals surface area (Å²) in [7, 11) is 0. The van der Waals surface area contributed by atoms with Gasteiger partial charge in [-0.1, -0.05) is 41.4 Å². The van der Waals surface area contributed by atoms with Crippen LogP contribution in [-0.2, 0) is 4.79 Å². The van der Waals surface area contributed by atoms with Gasteiger partial charge in [0.1, 0.15) is 11.2 Å². The van der Waals surface area contributed by atoms with E-state index in [9.17, 15) is 14.7 Å². The van der Waals surface area contributed by atoms with E-state index in [0.717, 1.165) is 0 Å². The molecule has 152 valence electrons. The van der Waals surface area contributed by atoms with Crippen molar-refractivity contribution in [2.75, 3.05) is 0 Å². The summed E-state index contributed by atoms with van der Waals surface area (Å²) in [5, 5.41) is 10.1. The lowest BCUT2D eigenvalue weighted by molar-refractivity contribution is -0.141. The molecule has 2 unspecified atom stereocenters. The van der Waals surface area contributed by atoms with E-state index in [4.69, 9.17) is 23.2 Å². The van der Waals surface area contributed by atoms with Crippen LogP contribution in [-0.4, -0.2) is 42.9 Å². The van der Waals surface area contributed by atoms with E-state index in [0.29, 0.717) is 34.8 Å². The fourth-order valence-corrected chi connectivity index (χ4v) is 4.14. The number of carbonyl (C=O) groups is 2. The standard InChI is InChI=1S/C21H16Cl2N4O3/c22-15-6-2-1-5-13(15)16-7-8-17(21(29)30)27(16)20(28)14-11-25-19(26-18(14)23)12-4-3-9-24-10-12/h1-6,9-11,16-17H,7-8H2,(H,29,30). The third-order valence-corrected chi connectivity index (χ3v) is 5.69. The van der Waals surface area contributed by atoms with Crippen LogP contribution in [0.1, 0.15) is 34.8 Å². The Labute approximate surface area is 182 Å². The van der Waals surface area contributed by atoms with E-state index in [1.54, 1.807) is 48.8 Å². The zero-order valence-corrected chi connectivity index (χ0v) is 17.1. The first kappa shape index (κ1) is 20.3. The van der Waals surface area contributed by atoms with E-state index in [2.05, 4.69) is 15.0 Å². The lowest BCUT2D eigenvalue weighted by atomic mass is 10.0. The van der Waals surface area contributed by atoms with Gasteiger partial charge in [-0.25, -0.2) is 14.8 Å². The first-order valence-corrected chi connectivity index (χ1v) is 9.96. The molecule has 1 N–H and O–H groups in total. The molecule has 1 fully saturated rings. The summed E-state index contributed by atoms with van der Waals surface area (Å²) in [5.74, 6) is -1.31. The Morgan fingerprint density at radius 1 is 1.07 bits per heavy atom. The van der Waals surface area contributed by atoms with Crippen molar-refractivity contribution in [3.8, 4) is 11.4 Å². The Bertz CT molecular complexity index is 1110. The highest BCUT2D eigenvalue weighted by Gasteiger charge is 2.43. The van der Waals surface area contributed by atoms with Crippen LogP contribution in [0.3, 0.4) is 0 Å². The number of aliphatic carboxylic acids is 1. The molecule has 0 bridgehead atoms. The van der Waals surface area contributed by atoms with E-state index in [1.165, 1.54) is 11.1 Å². The number of benzene rings is 1. The van der Waals surface area contributed by atoms with Gasteiger partial charge in [-0.15, -0.1) is 0 Å². The molecular formula is C21H16Cl2N4O3. The van der Waals surface area contributed by atoms with E-state index >= 15 is 0 Å². The highest BCUT2D eigenvalue weighted by Crippen LogP contribution is 2.40. The predicted octanol–water partition coefficient (Wildman–Crippen LogP) is 4.28. The average molecular weight is 443 g/mol. The number of nitrogens with zero attached hydrogens (tertiary/aromatic N) is 4. The topological polar surface area (TPSA) is 96.3 Å². The van der Waals surface area contributed by atoms with Crippen molar-refractivity contribution in [3.63, 3.8) is 0 Å². The van der Waals surface area contributed by atoms with Gasteiger partial charge >= 0.3 is 5.97 Å². The number of hydrogen-bond acceptors (Lipinski definition) is 5. The second-order valence-corrected chi connectivity index (χ2v) is 7.59. The summed E-state index contributed by atoms with van der Waals surface area (Å²) in [6.07, 6.45) is 5.31. The minimum Gasteiger partial charge on any atom is -0.480 e. The van der Waals surface area contributed by atoms with Crippen LogP contribution in [0.4, 0.5) is 0 Å². The maximum atomic E-state index is 13.4. The molecule has 0 saturated carbocycles. The minimum atomic E-state index is -1.08. The molecular weight excluding hydrogens is 427 g/mol. The van der Waals surface area contributed by atoms with Gasteiger partial charge in [-0.05, 0) is 36.6 Å². The number of carboxylic acids is 1. The van der Waals surface area contributed by atoms with Crippen molar-refractivity contribution in [1.29, 1.82) is 0 Å². The van der Waals surface area contributed by atoms with E-state index in [1.807, 2.05) is 0 Å². The van der Waals surface area contributed by atoms with Gasteiger partial charge < -0.3 is 10.0 Å². The largest absolute Gasteiger partial charge is 0.480 e. The fourth-order valence-electron chi connectivity index (χ4n) is 3.67. The zero-order valence-electron chi connectivity index (χ0n) is 15.6. The highest BCUT2D eigenvalue weighted by atomic mass is 35.5. The molecule has 1 aliphatic rings. The van der Waals surface area contributed by atoms with Gasteiger partial charge in [0, 0.05) is 29.2 Å². The van der Waals surface area contributed by atoms with Crippen molar-refractivity contribution in [3.05, 3.63) is 76.3 Å². The molecule has 7 nitrogen and oxygen atoms in total. The van der Waals surface area contributed by atoms with E-state index in [-0.39, 0.29) is 10.7 Å². The van der Waals surface area contributed by atoms with Gasteiger partial charge in [-0.2, -0.15) is 0 Å². The lowest BCUT2D eigenvalue weighted by Crippen LogP contribution is -2.42. The molecule has 0 radical (unpaired) electrons. The van der Waals surface area contributed by atoms with Crippen molar-refractivity contribution >= 4 is 35.1 Å². The van der Waals surface area contributed by atoms with Crippen LogP contribution in [0.25, 0.3) is 11.4 Å². The number of hydrogen-bond donors (Lipinski definition) is 1. The second-order valence-electron chi connectivity index (χ2n) is 6.82. The molecule has 3 aromatic rings. The van der Waals surface area contributed by atoms with Crippen molar-refractivity contribution in [1.82, 2.24) is 19.9 Å². The Balaban J connectivity index is 1.72. The molecule has 9 heteroatoms. The van der Waals surface area contributed by atoms with Crippen molar-refractivity contribution in [2.45, 2.75) is 24.9 Å². The number of carbonyl (C=O) groups excluding carboxylic acids is 1. The first-order valence-electron chi connectivity index (χ1n) is 9.20.